The fourth-order valence-corrected chi connectivity index (χ4v) is 1.34. The average Bonchev–Trinajstić information content (AvgIpc) is 2.51. The molecule has 16 heavy (non-hydrogen) atoms. The second-order valence-electron chi connectivity index (χ2n) is 3.33. The molecule has 4 nitrogen and oxygen atoms in total. The number of anilines is 3. The summed E-state index contributed by atoms with van der Waals surface area (Å²) in [6.45, 7) is 0. The van der Waals surface area contributed by atoms with Crippen molar-refractivity contribution in [1.82, 2.24) is 9.78 Å². The number of benzene rings is 1. The predicted molar refractivity (Wildman–Crippen MR) is 57.3 cm³/mol. The Morgan fingerprint density at radius 1 is 1.31 bits per heavy atom. The van der Waals surface area contributed by atoms with Gasteiger partial charge in [-0.1, -0.05) is 6.07 Å². The molecule has 0 saturated heterocycles. The van der Waals surface area contributed by atoms with E-state index in [1.165, 1.54) is 10.7 Å². The molecule has 84 valence electrons. The first kappa shape index (κ1) is 10.4. The van der Waals surface area contributed by atoms with Gasteiger partial charge in [0.2, 0.25) is 0 Å². The summed E-state index contributed by atoms with van der Waals surface area (Å²) in [4.78, 5) is 0. The van der Waals surface area contributed by atoms with Gasteiger partial charge < -0.3 is 11.1 Å². The average molecular weight is 224 g/mol. The van der Waals surface area contributed by atoms with Gasteiger partial charge in [-0.3, -0.25) is 4.68 Å². The van der Waals surface area contributed by atoms with Gasteiger partial charge in [-0.2, -0.15) is 5.10 Å². The number of halogens is 2. The van der Waals surface area contributed by atoms with Crippen molar-refractivity contribution < 1.29 is 8.78 Å². The fraction of sp³-hybridized carbons (Fsp3) is 0.100. The first-order valence-electron chi connectivity index (χ1n) is 4.58. The molecule has 0 aliphatic carbocycles. The van der Waals surface area contributed by atoms with E-state index in [2.05, 4.69) is 10.4 Å². The number of hydrogen-bond acceptors (Lipinski definition) is 3. The van der Waals surface area contributed by atoms with Crippen molar-refractivity contribution in [3.63, 3.8) is 0 Å². The maximum atomic E-state index is 13.3. The molecule has 2 aromatic rings. The van der Waals surface area contributed by atoms with Crippen molar-refractivity contribution in [3.05, 3.63) is 36.0 Å². The fourth-order valence-electron chi connectivity index (χ4n) is 1.34. The van der Waals surface area contributed by atoms with Crippen LogP contribution in [0.3, 0.4) is 0 Å². The Balaban J connectivity index is 2.37. The molecule has 6 heteroatoms. The largest absolute Gasteiger partial charge is 0.394 e. The number of nitrogen functional groups attached to an aromatic ring is 1. The molecule has 1 aromatic carbocycles. The van der Waals surface area contributed by atoms with E-state index in [0.717, 1.165) is 12.1 Å². The Hall–Kier alpha value is -2.11. The summed E-state index contributed by atoms with van der Waals surface area (Å²) in [5.74, 6) is -1.15. The molecular formula is C10H10F2N4. The number of nitrogens with two attached hydrogens (primary N) is 1. The molecular weight excluding hydrogens is 214 g/mol. The molecule has 0 aliphatic heterocycles. The Morgan fingerprint density at radius 2 is 1.94 bits per heavy atom. The highest BCUT2D eigenvalue weighted by Gasteiger charge is 2.11. The van der Waals surface area contributed by atoms with Crippen LogP contribution in [0.25, 0.3) is 0 Å². The summed E-state index contributed by atoms with van der Waals surface area (Å²) in [6, 6.07) is 3.60. The van der Waals surface area contributed by atoms with E-state index in [1.54, 1.807) is 13.2 Å². The third-order valence-corrected chi connectivity index (χ3v) is 2.06. The standard InChI is InChI=1S/C10H10F2N4/c1-16-5-8(13)10(15-16)14-9-6(11)3-2-4-7(9)12/h2-5H,13H2,1H3,(H,14,15). The maximum Gasteiger partial charge on any atom is 0.175 e. The van der Waals surface area contributed by atoms with Crippen molar-refractivity contribution in [2.75, 3.05) is 11.1 Å². The van der Waals surface area contributed by atoms with E-state index < -0.39 is 11.6 Å². The van der Waals surface area contributed by atoms with Gasteiger partial charge in [0.15, 0.2) is 5.82 Å². The van der Waals surface area contributed by atoms with Gasteiger partial charge in [0.25, 0.3) is 0 Å². The van der Waals surface area contributed by atoms with Crippen LogP contribution < -0.4 is 11.1 Å². The molecule has 1 aromatic heterocycles. The van der Waals surface area contributed by atoms with Gasteiger partial charge in [-0.25, -0.2) is 8.78 Å². The SMILES string of the molecule is Cn1cc(N)c(Nc2c(F)cccc2F)n1. The van der Waals surface area contributed by atoms with Gasteiger partial charge in [0.05, 0.1) is 5.69 Å². The smallest absolute Gasteiger partial charge is 0.175 e. The molecule has 0 fully saturated rings. The van der Waals surface area contributed by atoms with E-state index in [4.69, 9.17) is 5.73 Å². The van der Waals surface area contributed by atoms with Crippen molar-refractivity contribution in [1.29, 1.82) is 0 Å². The number of aryl methyl sites for hydroxylation is 1. The second kappa shape index (κ2) is 3.80. The molecule has 0 unspecified atom stereocenters. The number of nitrogens with zero attached hydrogens (tertiary/aromatic N) is 2. The van der Waals surface area contributed by atoms with Crippen LogP contribution >= 0.6 is 0 Å². The van der Waals surface area contributed by atoms with Gasteiger partial charge in [-0.15, -0.1) is 0 Å². The summed E-state index contributed by atoms with van der Waals surface area (Å²) in [5, 5.41) is 6.46. The third kappa shape index (κ3) is 1.81. The van der Waals surface area contributed by atoms with Crippen LogP contribution in [-0.2, 0) is 7.05 Å². The van der Waals surface area contributed by atoms with E-state index in [9.17, 15) is 8.78 Å². The van der Waals surface area contributed by atoms with E-state index >= 15 is 0 Å². The Labute approximate surface area is 90.7 Å². The van der Waals surface area contributed by atoms with Crippen LogP contribution in [0.15, 0.2) is 24.4 Å². The number of para-hydroxylation sites is 1. The van der Waals surface area contributed by atoms with Crippen LogP contribution in [-0.4, -0.2) is 9.78 Å². The first-order valence-corrected chi connectivity index (χ1v) is 4.58. The minimum Gasteiger partial charge on any atom is -0.394 e. The summed E-state index contributed by atoms with van der Waals surface area (Å²) in [5.41, 5.74) is 5.67. The molecule has 0 saturated carbocycles. The van der Waals surface area contributed by atoms with E-state index in [1.807, 2.05) is 0 Å². The van der Waals surface area contributed by atoms with E-state index in [-0.39, 0.29) is 11.5 Å². The Bertz CT molecular complexity index is 501. The third-order valence-electron chi connectivity index (χ3n) is 2.06. The summed E-state index contributed by atoms with van der Waals surface area (Å²) in [6.07, 6.45) is 1.54. The minimum atomic E-state index is -0.690. The normalized spacial score (nSPS) is 10.4. The van der Waals surface area contributed by atoms with Crippen LogP contribution in [0.4, 0.5) is 26.0 Å². The lowest BCUT2D eigenvalue weighted by molar-refractivity contribution is 0.590. The Morgan fingerprint density at radius 3 is 2.44 bits per heavy atom. The predicted octanol–water partition coefficient (Wildman–Crippen LogP) is 2.02. The highest BCUT2D eigenvalue weighted by Crippen LogP contribution is 2.25. The molecule has 0 aliphatic rings. The summed E-state index contributed by atoms with van der Waals surface area (Å²) >= 11 is 0. The molecule has 2 rings (SSSR count). The number of rotatable bonds is 2. The lowest BCUT2D eigenvalue weighted by Gasteiger charge is -2.06. The van der Waals surface area contributed by atoms with Crippen LogP contribution in [0.2, 0.25) is 0 Å². The van der Waals surface area contributed by atoms with Gasteiger partial charge in [-0.05, 0) is 12.1 Å². The van der Waals surface area contributed by atoms with Crippen LogP contribution in [0, 0.1) is 11.6 Å². The molecule has 0 bridgehead atoms. The minimum absolute atomic E-state index is 0.228. The molecule has 0 radical (unpaired) electrons. The van der Waals surface area contributed by atoms with Crippen molar-refractivity contribution in [2.24, 2.45) is 7.05 Å². The zero-order valence-electron chi connectivity index (χ0n) is 8.54. The van der Waals surface area contributed by atoms with Gasteiger partial charge >= 0.3 is 0 Å². The summed E-state index contributed by atoms with van der Waals surface area (Å²) < 4.78 is 28.0. The first-order chi connectivity index (χ1) is 7.58. The molecule has 1 heterocycles. The van der Waals surface area contributed by atoms with Crippen LogP contribution in [0.5, 0.6) is 0 Å². The lowest BCUT2D eigenvalue weighted by Crippen LogP contribution is -2.00. The topological polar surface area (TPSA) is 55.9 Å². The number of aromatic nitrogens is 2. The highest BCUT2D eigenvalue weighted by molar-refractivity contribution is 5.68. The zero-order chi connectivity index (χ0) is 11.7. The zero-order valence-corrected chi connectivity index (χ0v) is 8.54. The number of nitrogens with one attached hydrogen (secondary N) is 1. The van der Waals surface area contributed by atoms with Gasteiger partial charge in [0.1, 0.15) is 17.3 Å². The van der Waals surface area contributed by atoms with Crippen molar-refractivity contribution in [2.45, 2.75) is 0 Å². The second-order valence-corrected chi connectivity index (χ2v) is 3.33. The molecule has 0 spiro atoms. The summed E-state index contributed by atoms with van der Waals surface area (Å²) in [7, 11) is 1.67. The monoisotopic (exact) mass is 224 g/mol. The van der Waals surface area contributed by atoms with Gasteiger partial charge in [0, 0.05) is 13.2 Å². The highest BCUT2D eigenvalue weighted by atomic mass is 19.1. The van der Waals surface area contributed by atoms with Crippen molar-refractivity contribution in [3.8, 4) is 0 Å². The molecule has 0 atom stereocenters. The van der Waals surface area contributed by atoms with Crippen molar-refractivity contribution >= 4 is 17.2 Å². The quantitative estimate of drug-likeness (QED) is 0.820. The molecule has 3 N–H and O–H groups in total. The van der Waals surface area contributed by atoms with E-state index in [0.29, 0.717) is 5.69 Å². The maximum absolute atomic E-state index is 13.3. The van der Waals surface area contributed by atoms with Crippen LogP contribution in [0.1, 0.15) is 0 Å². The Kier molecular flexibility index (Phi) is 2.47. The molecule has 0 amide bonds. The number of hydrogen-bond donors (Lipinski definition) is 2. The lowest BCUT2D eigenvalue weighted by atomic mass is 10.3.